The number of hydrogen-bond donors (Lipinski definition) is 2. The molecular weight excluding hydrogens is 328 g/mol. The van der Waals surface area contributed by atoms with Gasteiger partial charge in [0, 0.05) is 12.2 Å². The summed E-state index contributed by atoms with van der Waals surface area (Å²) in [5.41, 5.74) is 0.700. The quantitative estimate of drug-likeness (QED) is 0.411. The molecule has 0 aromatic carbocycles. The second-order valence-electron chi connectivity index (χ2n) is 6.35. The summed E-state index contributed by atoms with van der Waals surface area (Å²) < 4.78 is 22.7. The van der Waals surface area contributed by atoms with Crippen molar-refractivity contribution in [3.63, 3.8) is 0 Å². The van der Waals surface area contributed by atoms with Crippen LogP contribution in [0.2, 0.25) is 0 Å². The van der Waals surface area contributed by atoms with Gasteiger partial charge in [-0.25, -0.2) is 8.42 Å². The molecule has 4 nitrogen and oxygen atoms in total. The standard InChI is InChI=1S/C17H32N2O2S2/c1-2-3-4-5-6-7-8-9-10-11-13-18-17(22)19-16-12-14-23(20,21)15-16/h12H,2-11,13-15H2,1H3,(H2,18,19,22). The number of thiocarbonyl (C=S) groups is 1. The van der Waals surface area contributed by atoms with Gasteiger partial charge in [-0.3, -0.25) is 0 Å². The molecule has 0 amide bonds. The van der Waals surface area contributed by atoms with Gasteiger partial charge in [0.25, 0.3) is 0 Å². The molecule has 1 heterocycles. The van der Waals surface area contributed by atoms with Gasteiger partial charge in [0.05, 0.1) is 11.5 Å². The highest BCUT2D eigenvalue weighted by Gasteiger charge is 2.19. The summed E-state index contributed by atoms with van der Waals surface area (Å²) in [6.07, 6.45) is 14.9. The van der Waals surface area contributed by atoms with Crippen molar-refractivity contribution in [2.45, 2.75) is 71.1 Å². The first-order chi connectivity index (χ1) is 11.0. The van der Waals surface area contributed by atoms with Crippen LogP contribution in [0.4, 0.5) is 0 Å². The van der Waals surface area contributed by atoms with Gasteiger partial charge in [-0.2, -0.15) is 0 Å². The van der Waals surface area contributed by atoms with Crippen LogP contribution in [-0.4, -0.2) is 31.6 Å². The first kappa shape index (κ1) is 20.4. The Bertz CT molecular complexity index is 473. The van der Waals surface area contributed by atoms with E-state index in [1.54, 1.807) is 6.08 Å². The largest absolute Gasteiger partial charge is 0.362 e. The molecule has 2 N–H and O–H groups in total. The summed E-state index contributed by atoms with van der Waals surface area (Å²) in [7, 11) is -2.93. The van der Waals surface area contributed by atoms with E-state index >= 15 is 0 Å². The van der Waals surface area contributed by atoms with Gasteiger partial charge in [0.1, 0.15) is 0 Å². The van der Waals surface area contributed by atoms with Crippen molar-refractivity contribution >= 4 is 27.2 Å². The average molecular weight is 361 g/mol. The van der Waals surface area contributed by atoms with E-state index in [2.05, 4.69) is 17.6 Å². The van der Waals surface area contributed by atoms with Gasteiger partial charge in [-0.1, -0.05) is 64.7 Å². The van der Waals surface area contributed by atoms with Crippen LogP contribution >= 0.6 is 12.2 Å². The number of unbranched alkanes of at least 4 members (excludes halogenated alkanes) is 9. The van der Waals surface area contributed by atoms with E-state index in [-0.39, 0.29) is 11.5 Å². The molecule has 0 saturated heterocycles. The maximum absolute atomic E-state index is 11.3. The minimum Gasteiger partial charge on any atom is -0.362 e. The Balaban J connectivity index is 1.88. The molecule has 0 radical (unpaired) electrons. The van der Waals surface area contributed by atoms with Crippen molar-refractivity contribution in [3.05, 3.63) is 11.8 Å². The summed E-state index contributed by atoms with van der Waals surface area (Å²) in [5.74, 6) is 0.198. The van der Waals surface area contributed by atoms with Crippen molar-refractivity contribution < 1.29 is 8.42 Å². The maximum Gasteiger partial charge on any atom is 0.170 e. The zero-order chi connectivity index (χ0) is 17.0. The molecule has 0 unspecified atom stereocenters. The summed E-state index contributed by atoms with van der Waals surface area (Å²) in [4.78, 5) is 0. The molecule has 23 heavy (non-hydrogen) atoms. The predicted molar refractivity (Wildman–Crippen MR) is 102 cm³/mol. The molecule has 0 atom stereocenters. The van der Waals surface area contributed by atoms with E-state index < -0.39 is 9.84 Å². The highest BCUT2D eigenvalue weighted by atomic mass is 32.2. The molecule has 1 aliphatic heterocycles. The third-order valence-electron chi connectivity index (χ3n) is 4.05. The van der Waals surface area contributed by atoms with Gasteiger partial charge < -0.3 is 10.6 Å². The Kier molecular flexibility index (Phi) is 10.5. The summed E-state index contributed by atoms with van der Waals surface area (Å²) >= 11 is 5.18. The molecule has 0 aromatic heterocycles. The molecule has 0 saturated carbocycles. The first-order valence-electron chi connectivity index (χ1n) is 8.98. The predicted octanol–water partition coefficient (Wildman–Crippen LogP) is 3.68. The number of sulfone groups is 1. The van der Waals surface area contributed by atoms with Crippen LogP contribution in [0.1, 0.15) is 71.1 Å². The second-order valence-corrected chi connectivity index (χ2v) is 8.86. The molecule has 0 bridgehead atoms. The highest BCUT2D eigenvalue weighted by molar-refractivity contribution is 7.92. The van der Waals surface area contributed by atoms with Gasteiger partial charge in [-0.15, -0.1) is 0 Å². The minimum atomic E-state index is -2.93. The van der Waals surface area contributed by atoms with Crippen molar-refractivity contribution in [1.29, 1.82) is 0 Å². The van der Waals surface area contributed by atoms with Crippen LogP contribution in [-0.2, 0) is 9.84 Å². The Morgan fingerprint density at radius 2 is 1.61 bits per heavy atom. The molecule has 0 aromatic rings. The molecule has 0 aliphatic carbocycles. The Hall–Kier alpha value is -0.620. The third kappa shape index (κ3) is 10.7. The van der Waals surface area contributed by atoms with E-state index in [0.717, 1.165) is 13.0 Å². The number of nitrogens with one attached hydrogen (secondary N) is 2. The van der Waals surface area contributed by atoms with Crippen molar-refractivity contribution in [2.24, 2.45) is 0 Å². The summed E-state index contributed by atoms with van der Waals surface area (Å²) in [6.45, 7) is 3.10. The maximum atomic E-state index is 11.3. The topological polar surface area (TPSA) is 58.2 Å². The molecule has 0 fully saturated rings. The van der Waals surface area contributed by atoms with Crippen molar-refractivity contribution in [2.75, 3.05) is 18.1 Å². The van der Waals surface area contributed by atoms with E-state index in [0.29, 0.717) is 10.8 Å². The lowest BCUT2D eigenvalue weighted by Gasteiger charge is -2.10. The average Bonchev–Trinajstić information content (AvgIpc) is 2.83. The normalized spacial score (nSPS) is 16.1. The fourth-order valence-electron chi connectivity index (χ4n) is 2.67. The first-order valence-corrected chi connectivity index (χ1v) is 11.2. The lowest BCUT2D eigenvalue weighted by molar-refractivity contribution is 0.554. The Morgan fingerprint density at radius 3 is 2.13 bits per heavy atom. The van der Waals surface area contributed by atoms with E-state index in [9.17, 15) is 8.42 Å². The minimum absolute atomic E-state index is 0.0765. The Morgan fingerprint density at radius 1 is 1.04 bits per heavy atom. The SMILES string of the molecule is CCCCCCCCCCCCNC(=S)NC1=CCS(=O)(=O)C1. The van der Waals surface area contributed by atoms with Crippen LogP contribution in [0.3, 0.4) is 0 Å². The highest BCUT2D eigenvalue weighted by Crippen LogP contribution is 2.10. The molecule has 0 spiro atoms. The van der Waals surface area contributed by atoms with Gasteiger partial charge in [0.15, 0.2) is 14.9 Å². The molecule has 134 valence electrons. The Labute approximate surface area is 147 Å². The van der Waals surface area contributed by atoms with E-state index in [1.165, 1.54) is 57.8 Å². The molecule has 1 aliphatic rings. The zero-order valence-corrected chi connectivity index (χ0v) is 16.0. The summed E-state index contributed by atoms with van der Waals surface area (Å²) in [6, 6.07) is 0. The van der Waals surface area contributed by atoms with E-state index in [1.807, 2.05) is 0 Å². The van der Waals surface area contributed by atoms with Crippen LogP contribution < -0.4 is 10.6 Å². The zero-order valence-electron chi connectivity index (χ0n) is 14.4. The molecular formula is C17H32N2O2S2. The third-order valence-corrected chi connectivity index (χ3v) is 5.72. The monoisotopic (exact) mass is 360 g/mol. The van der Waals surface area contributed by atoms with Crippen LogP contribution in [0, 0.1) is 0 Å². The van der Waals surface area contributed by atoms with Gasteiger partial charge in [-0.05, 0) is 24.7 Å². The van der Waals surface area contributed by atoms with Crippen LogP contribution in [0.15, 0.2) is 11.8 Å². The number of rotatable bonds is 12. The lowest BCUT2D eigenvalue weighted by atomic mass is 10.1. The van der Waals surface area contributed by atoms with Crippen molar-refractivity contribution in [3.8, 4) is 0 Å². The second kappa shape index (κ2) is 11.8. The fraction of sp³-hybridized carbons (Fsp3) is 0.824. The van der Waals surface area contributed by atoms with E-state index in [4.69, 9.17) is 12.2 Å². The van der Waals surface area contributed by atoms with Crippen molar-refractivity contribution in [1.82, 2.24) is 10.6 Å². The van der Waals surface area contributed by atoms with Crippen LogP contribution in [0.5, 0.6) is 0 Å². The van der Waals surface area contributed by atoms with Gasteiger partial charge in [0.2, 0.25) is 0 Å². The fourth-order valence-corrected chi connectivity index (χ4v) is 4.14. The molecule has 6 heteroatoms. The summed E-state index contributed by atoms with van der Waals surface area (Å²) in [5, 5.41) is 6.65. The smallest absolute Gasteiger partial charge is 0.170 e. The number of hydrogen-bond acceptors (Lipinski definition) is 3. The lowest BCUT2D eigenvalue weighted by Crippen LogP contribution is -2.35. The van der Waals surface area contributed by atoms with Crippen LogP contribution in [0.25, 0.3) is 0 Å². The van der Waals surface area contributed by atoms with Gasteiger partial charge >= 0.3 is 0 Å². The molecule has 1 rings (SSSR count).